The van der Waals surface area contributed by atoms with Crippen LogP contribution in [0.1, 0.15) is 42.6 Å². The third-order valence-corrected chi connectivity index (χ3v) is 6.51. The number of furan rings is 2. The maximum absolute atomic E-state index is 13.5. The zero-order valence-corrected chi connectivity index (χ0v) is 22.7. The Hall–Kier alpha value is -5.33. The van der Waals surface area contributed by atoms with Gasteiger partial charge in [0, 0.05) is 22.1 Å². The molecule has 0 saturated carbocycles. The van der Waals surface area contributed by atoms with Crippen molar-refractivity contribution in [2.24, 2.45) is 5.84 Å². The van der Waals surface area contributed by atoms with Gasteiger partial charge in [0.2, 0.25) is 0 Å². The highest BCUT2D eigenvalue weighted by molar-refractivity contribution is 7.80. The summed E-state index contributed by atoms with van der Waals surface area (Å²) in [5.74, 6) is 3.31. The van der Waals surface area contributed by atoms with Crippen LogP contribution in [0.25, 0.3) is 22.2 Å². The molecule has 0 bridgehead atoms. The number of benzene rings is 2. The lowest BCUT2D eigenvalue weighted by Crippen LogP contribution is -2.52. The van der Waals surface area contributed by atoms with Gasteiger partial charge in [0.25, 0.3) is 5.91 Å². The second-order valence-electron chi connectivity index (χ2n) is 8.96. The Balaban J connectivity index is 1.47. The van der Waals surface area contributed by atoms with Gasteiger partial charge in [-0.1, -0.05) is 48.5 Å². The number of carbonyl (C=O) groups excluding carboxylic acids is 3. The summed E-state index contributed by atoms with van der Waals surface area (Å²) in [5, 5.41) is 4.10. The topological polar surface area (TPSA) is 156 Å². The van der Waals surface area contributed by atoms with E-state index in [0.29, 0.717) is 33.3 Å². The average molecular weight is 569 g/mol. The van der Waals surface area contributed by atoms with Crippen LogP contribution < -0.4 is 27.0 Å². The van der Waals surface area contributed by atoms with Crippen LogP contribution in [0.4, 0.5) is 5.69 Å². The highest BCUT2D eigenvalue weighted by Crippen LogP contribution is 2.27. The number of rotatable bonds is 5. The minimum Gasteiger partial charge on any atom is -0.459 e. The molecule has 0 spiro atoms. The molecule has 11 nitrogen and oxygen atoms in total. The first-order valence-corrected chi connectivity index (χ1v) is 12.7. The number of amides is 3. The van der Waals surface area contributed by atoms with E-state index in [1.807, 2.05) is 54.0 Å². The standard InChI is InChI=1S/C29H24N6O5S/c1-16-12-13-39-24(16)28(38)35(23-15-40-25(17(23)2)27(37)33-30)34-29(41)32-26(36)20-14-22(18-8-4-3-5-9-18)31-21-11-7-6-10-19(20)21/h3-15H,30H2,1-2H3,(H,33,37)(H2,32,34,36,41). The molecule has 5 rings (SSSR count). The molecule has 0 aliphatic rings. The molecule has 12 heteroatoms. The second-order valence-corrected chi connectivity index (χ2v) is 9.36. The third kappa shape index (κ3) is 5.41. The molecule has 0 fully saturated rings. The first kappa shape index (κ1) is 27.2. The van der Waals surface area contributed by atoms with Gasteiger partial charge in [-0.15, -0.1) is 0 Å². The molecule has 41 heavy (non-hydrogen) atoms. The lowest BCUT2D eigenvalue weighted by atomic mass is 10.0. The van der Waals surface area contributed by atoms with Crippen LogP contribution in [0.5, 0.6) is 0 Å². The average Bonchev–Trinajstić information content (AvgIpc) is 3.59. The van der Waals surface area contributed by atoms with Crippen LogP contribution in [0, 0.1) is 13.8 Å². The Labute approximate surface area is 239 Å². The molecule has 5 aromatic rings. The van der Waals surface area contributed by atoms with E-state index < -0.39 is 17.7 Å². The lowest BCUT2D eigenvalue weighted by Gasteiger charge is -2.23. The number of hydrazine groups is 2. The number of para-hydroxylation sites is 1. The molecule has 0 aliphatic carbocycles. The van der Waals surface area contributed by atoms with Gasteiger partial charge in [-0.3, -0.25) is 30.6 Å². The summed E-state index contributed by atoms with van der Waals surface area (Å²) in [6.07, 6.45) is 2.56. The maximum atomic E-state index is 13.5. The van der Waals surface area contributed by atoms with Gasteiger partial charge in [0.05, 0.1) is 23.0 Å². The fourth-order valence-electron chi connectivity index (χ4n) is 4.25. The van der Waals surface area contributed by atoms with Gasteiger partial charge in [-0.25, -0.2) is 15.8 Å². The Morgan fingerprint density at radius 3 is 2.37 bits per heavy atom. The van der Waals surface area contributed by atoms with Crippen LogP contribution in [-0.4, -0.2) is 27.8 Å². The summed E-state index contributed by atoms with van der Waals surface area (Å²) in [4.78, 5) is 43.9. The third-order valence-electron chi connectivity index (χ3n) is 6.32. The predicted molar refractivity (Wildman–Crippen MR) is 156 cm³/mol. The normalized spacial score (nSPS) is 10.7. The first-order chi connectivity index (χ1) is 19.8. The van der Waals surface area contributed by atoms with Gasteiger partial charge in [0.1, 0.15) is 12.0 Å². The smallest absolute Gasteiger partial charge is 0.313 e. The van der Waals surface area contributed by atoms with Crippen molar-refractivity contribution in [1.82, 2.24) is 21.2 Å². The van der Waals surface area contributed by atoms with Crippen molar-refractivity contribution >= 4 is 51.6 Å². The van der Waals surface area contributed by atoms with Gasteiger partial charge in [-0.2, -0.15) is 0 Å². The fourth-order valence-corrected chi connectivity index (χ4v) is 4.44. The molecule has 5 N–H and O–H groups in total. The summed E-state index contributed by atoms with van der Waals surface area (Å²) in [5.41, 5.74) is 8.15. The minimum absolute atomic E-state index is 0.0182. The number of pyridine rings is 1. The predicted octanol–water partition coefficient (Wildman–Crippen LogP) is 4.17. The van der Waals surface area contributed by atoms with E-state index in [1.165, 1.54) is 12.5 Å². The number of aryl methyl sites for hydroxylation is 1. The number of thiocarbonyl (C=S) groups is 1. The van der Waals surface area contributed by atoms with E-state index in [4.69, 9.17) is 31.9 Å². The Morgan fingerprint density at radius 2 is 1.66 bits per heavy atom. The molecule has 0 unspecified atom stereocenters. The summed E-state index contributed by atoms with van der Waals surface area (Å²) in [7, 11) is 0. The zero-order valence-electron chi connectivity index (χ0n) is 21.9. The molecule has 0 atom stereocenters. The fraction of sp³-hybridized carbons (Fsp3) is 0.0690. The number of fused-ring (bicyclic) bond motifs is 1. The summed E-state index contributed by atoms with van der Waals surface area (Å²) < 4.78 is 10.7. The number of carbonyl (C=O) groups is 3. The number of anilines is 1. The maximum Gasteiger partial charge on any atom is 0.313 e. The van der Waals surface area contributed by atoms with Crippen molar-refractivity contribution in [2.75, 3.05) is 5.01 Å². The van der Waals surface area contributed by atoms with E-state index in [-0.39, 0.29) is 22.3 Å². The number of hydrogen-bond donors (Lipinski definition) is 4. The van der Waals surface area contributed by atoms with Crippen LogP contribution in [0.2, 0.25) is 0 Å². The quantitative estimate of drug-likeness (QED) is 0.106. The number of nitrogen functional groups attached to an aromatic ring is 1. The molecule has 2 aromatic carbocycles. The second kappa shape index (κ2) is 11.4. The molecule has 3 aromatic heterocycles. The van der Waals surface area contributed by atoms with E-state index in [0.717, 1.165) is 10.6 Å². The van der Waals surface area contributed by atoms with Crippen molar-refractivity contribution in [3.05, 3.63) is 107 Å². The van der Waals surface area contributed by atoms with Crippen LogP contribution in [-0.2, 0) is 0 Å². The minimum atomic E-state index is -0.690. The molecular formula is C29H24N6O5S. The summed E-state index contributed by atoms with van der Waals surface area (Å²) in [6.45, 7) is 3.26. The zero-order chi connectivity index (χ0) is 29.1. The van der Waals surface area contributed by atoms with Gasteiger partial charge >= 0.3 is 11.8 Å². The SMILES string of the molecule is Cc1ccoc1C(=O)N(NC(=S)NC(=O)c1cc(-c2ccccc2)nc2ccccc12)c1coc(C(=O)NN)c1C. The molecule has 0 saturated heterocycles. The number of nitrogens with zero attached hydrogens (tertiary/aromatic N) is 2. The van der Waals surface area contributed by atoms with Crippen molar-refractivity contribution < 1.29 is 23.2 Å². The Morgan fingerprint density at radius 1 is 0.927 bits per heavy atom. The first-order valence-electron chi connectivity index (χ1n) is 12.3. The molecule has 3 amide bonds. The largest absolute Gasteiger partial charge is 0.459 e. The molecule has 0 radical (unpaired) electrons. The lowest BCUT2D eigenvalue weighted by molar-refractivity contribution is 0.0923. The number of aromatic nitrogens is 1. The monoisotopic (exact) mass is 568 g/mol. The summed E-state index contributed by atoms with van der Waals surface area (Å²) >= 11 is 5.45. The van der Waals surface area contributed by atoms with Crippen molar-refractivity contribution in [2.45, 2.75) is 13.8 Å². The Bertz CT molecular complexity index is 1800. The molecule has 206 valence electrons. The number of hydrogen-bond acceptors (Lipinski definition) is 8. The van der Waals surface area contributed by atoms with Gasteiger partial charge in [0.15, 0.2) is 16.6 Å². The van der Waals surface area contributed by atoms with Gasteiger partial charge in [-0.05, 0) is 44.3 Å². The molecule has 3 heterocycles. The summed E-state index contributed by atoms with van der Waals surface area (Å²) in [6, 6.07) is 20.0. The van der Waals surface area contributed by atoms with E-state index in [2.05, 4.69) is 10.7 Å². The highest BCUT2D eigenvalue weighted by atomic mass is 32.1. The van der Waals surface area contributed by atoms with Crippen LogP contribution >= 0.6 is 12.2 Å². The number of nitrogens with two attached hydrogens (primary N) is 1. The van der Waals surface area contributed by atoms with E-state index >= 15 is 0 Å². The van der Waals surface area contributed by atoms with Crippen molar-refractivity contribution in [3.8, 4) is 11.3 Å². The van der Waals surface area contributed by atoms with Crippen molar-refractivity contribution in [3.63, 3.8) is 0 Å². The Kier molecular flexibility index (Phi) is 7.59. The highest BCUT2D eigenvalue weighted by Gasteiger charge is 2.29. The van der Waals surface area contributed by atoms with Gasteiger partial charge < -0.3 is 8.83 Å². The van der Waals surface area contributed by atoms with E-state index in [1.54, 1.807) is 32.0 Å². The van der Waals surface area contributed by atoms with Crippen molar-refractivity contribution in [1.29, 1.82) is 0 Å². The molecular weight excluding hydrogens is 544 g/mol. The molecule has 0 aliphatic heterocycles. The van der Waals surface area contributed by atoms with E-state index in [9.17, 15) is 14.4 Å². The van der Waals surface area contributed by atoms with Crippen LogP contribution in [0.15, 0.2) is 88.1 Å². The number of nitrogens with one attached hydrogen (secondary N) is 3. The van der Waals surface area contributed by atoms with Crippen LogP contribution in [0.3, 0.4) is 0 Å².